The molecule has 2 unspecified atom stereocenters. The number of aliphatic hydroxyl groups excluding tert-OH is 1. The van der Waals surface area contributed by atoms with E-state index in [-0.39, 0.29) is 12.7 Å². The zero-order valence-electron chi connectivity index (χ0n) is 8.09. The molecule has 1 saturated heterocycles. The minimum absolute atomic E-state index is 0.0740. The zero-order valence-corrected chi connectivity index (χ0v) is 8.91. The van der Waals surface area contributed by atoms with Crippen LogP contribution in [0.1, 0.15) is 6.92 Å². The zero-order chi connectivity index (χ0) is 9.97. The van der Waals surface area contributed by atoms with Crippen molar-refractivity contribution < 1.29 is 9.84 Å². The Morgan fingerprint density at radius 1 is 1.79 bits per heavy atom. The van der Waals surface area contributed by atoms with E-state index in [1.807, 2.05) is 5.38 Å². The molecule has 1 N–H and O–H groups in total. The summed E-state index contributed by atoms with van der Waals surface area (Å²) in [6.45, 7) is 3.57. The third-order valence-corrected chi connectivity index (χ3v) is 3.18. The lowest BCUT2D eigenvalue weighted by Crippen LogP contribution is -2.49. The molecule has 1 aliphatic rings. The lowest BCUT2D eigenvalue weighted by Gasteiger charge is -2.37. The largest absolute Gasteiger partial charge is 0.394 e. The Hall–Kier alpha value is -0.650. The van der Waals surface area contributed by atoms with Crippen LogP contribution in [0.4, 0.5) is 5.13 Å². The summed E-state index contributed by atoms with van der Waals surface area (Å²) in [6, 6.07) is 0.337. The molecule has 1 fully saturated rings. The molecular formula is C9H14N2O2S. The van der Waals surface area contributed by atoms with Crippen LogP contribution in [0, 0.1) is 0 Å². The van der Waals surface area contributed by atoms with E-state index >= 15 is 0 Å². The van der Waals surface area contributed by atoms with E-state index < -0.39 is 0 Å². The van der Waals surface area contributed by atoms with E-state index in [9.17, 15) is 0 Å². The molecule has 4 nitrogen and oxygen atoms in total. The first-order valence-corrected chi connectivity index (χ1v) is 5.58. The van der Waals surface area contributed by atoms with Gasteiger partial charge in [-0.2, -0.15) is 0 Å². The Bertz CT molecular complexity index is 278. The second-order valence-electron chi connectivity index (χ2n) is 3.45. The van der Waals surface area contributed by atoms with Gasteiger partial charge in [0.2, 0.25) is 0 Å². The molecule has 0 spiro atoms. The van der Waals surface area contributed by atoms with E-state index in [2.05, 4.69) is 16.8 Å². The second kappa shape index (κ2) is 4.25. The molecule has 2 rings (SSSR count). The molecule has 2 heterocycles. The highest BCUT2D eigenvalue weighted by atomic mass is 32.1. The van der Waals surface area contributed by atoms with Crippen LogP contribution >= 0.6 is 11.3 Å². The Morgan fingerprint density at radius 2 is 2.64 bits per heavy atom. The maximum atomic E-state index is 9.02. The van der Waals surface area contributed by atoms with Crippen LogP contribution in [-0.2, 0) is 4.74 Å². The predicted molar refractivity (Wildman–Crippen MR) is 55.7 cm³/mol. The molecule has 1 aromatic heterocycles. The Balaban J connectivity index is 2.09. The number of anilines is 1. The normalized spacial score (nSPS) is 28.0. The lowest BCUT2D eigenvalue weighted by atomic mass is 10.2. The third-order valence-electron chi connectivity index (χ3n) is 2.37. The van der Waals surface area contributed by atoms with Gasteiger partial charge in [0.15, 0.2) is 5.13 Å². The molecular weight excluding hydrogens is 200 g/mol. The fourth-order valence-electron chi connectivity index (χ4n) is 1.55. The molecule has 14 heavy (non-hydrogen) atoms. The molecule has 0 radical (unpaired) electrons. The van der Waals surface area contributed by atoms with Crippen molar-refractivity contribution in [1.82, 2.24) is 4.98 Å². The van der Waals surface area contributed by atoms with Crippen LogP contribution in [-0.4, -0.2) is 42.0 Å². The SMILES string of the molecule is CC1COC(CO)CN1c1nccs1. The van der Waals surface area contributed by atoms with E-state index in [1.54, 1.807) is 17.5 Å². The first kappa shape index (κ1) is 9.89. The molecule has 0 saturated carbocycles. The van der Waals surface area contributed by atoms with Gasteiger partial charge in [0.05, 0.1) is 25.4 Å². The molecule has 0 aliphatic carbocycles. The summed E-state index contributed by atoms with van der Waals surface area (Å²) in [5, 5.41) is 12.0. The summed E-state index contributed by atoms with van der Waals surface area (Å²) in [5.41, 5.74) is 0. The highest BCUT2D eigenvalue weighted by molar-refractivity contribution is 7.13. The molecule has 0 bridgehead atoms. The van der Waals surface area contributed by atoms with E-state index in [4.69, 9.17) is 9.84 Å². The number of hydrogen-bond donors (Lipinski definition) is 1. The van der Waals surface area contributed by atoms with Crippen molar-refractivity contribution in [2.75, 3.05) is 24.7 Å². The average Bonchev–Trinajstić information content (AvgIpc) is 2.71. The number of ether oxygens (including phenoxy) is 1. The summed E-state index contributed by atoms with van der Waals surface area (Å²) in [5.74, 6) is 0. The molecule has 1 aromatic rings. The van der Waals surface area contributed by atoms with Crippen molar-refractivity contribution in [3.8, 4) is 0 Å². The number of aromatic nitrogens is 1. The Labute approximate surface area is 87.1 Å². The summed E-state index contributed by atoms with van der Waals surface area (Å²) >= 11 is 1.62. The average molecular weight is 214 g/mol. The van der Waals surface area contributed by atoms with Crippen LogP contribution in [0.3, 0.4) is 0 Å². The van der Waals surface area contributed by atoms with Crippen LogP contribution in [0.5, 0.6) is 0 Å². The summed E-state index contributed by atoms with van der Waals surface area (Å²) in [4.78, 5) is 6.46. The molecule has 2 atom stereocenters. The van der Waals surface area contributed by atoms with Gasteiger partial charge in [-0.05, 0) is 6.92 Å². The minimum atomic E-state index is -0.0740. The predicted octanol–water partition coefficient (Wildman–Crippen LogP) is 0.729. The third kappa shape index (κ3) is 1.89. The van der Waals surface area contributed by atoms with E-state index in [0.29, 0.717) is 12.6 Å². The Morgan fingerprint density at radius 3 is 3.29 bits per heavy atom. The number of nitrogens with zero attached hydrogens (tertiary/aromatic N) is 2. The smallest absolute Gasteiger partial charge is 0.185 e. The fraction of sp³-hybridized carbons (Fsp3) is 0.667. The quantitative estimate of drug-likeness (QED) is 0.788. The number of morpholine rings is 1. The first-order valence-electron chi connectivity index (χ1n) is 4.70. The van der Waals surface area contributed by atoms with Crippen LogP contribution < -0.4 is 4.90 Å². The summed E-state index contributed by atoms with van der Waals surface area (Å²) in [7, 11) is 0. The van der Waals surface area contributed by atoms with Crippen LogP contribution in [0.2, 0.25) is 0 Å². The summed E-state index contributed by atoms with van der Waals surface area (Å²) in [6.07, 6.45) is 1.73. The molecule has 78 valence electrons. The maximum Gasteiger partial charge on any atom is 0.185 e. The van der Waals surface area contributed by atoms with Gasteiger partial charge in [0.1, 0.15) is 0 Å². The number of hydrogen-bond acceptors (Lipinski definition) is 5. The van der Waals surface area contributed by atoms with E-state index in [1.165, 1.54) is 0 Å². The standard InChI is InChI=1S/C9H14N2O2S/c1-7-6-13-8(5-12)4-11(7)9-10-2-3-14-9/h2-3,7-8,12H,4-6H2,1H3. The molecule has 5 heteroatoms. The van der Waals surface area contributed by atoms with Crippen molar-refractivity contribution in [2.45, 2.75) is 19.1 Å². The first-order chi connectivity index (χ1) is 6.81. The maximum absolute atomic E-state index is 9.02. The van der Waals surface area contributed by atoms with Gasteiger partial charge < -0.3 is 14.7 Å². The van der Waals surface area contributed by atoms with Crippen LogP contribution in [0.25, 0.3) is 0 Å². The highest BCUT2D eigenvalue weighted by Crippen LogP contribution is 2.23. The van der Waals surface area contributed by atoms with Gasteiger partial charge in [-0.1, -0.05) is 0 Å². The van der Waals surface area contributed by atoms with Crippen molar-refractivity contribution in [1.29, 1.82) is 0 Å². The number of thiazole rings is 1. The summed E-state index contributed by atoms with van der Waals surface area (Å²) < 4.78 is 5.45. The van der Waals surface area contributed by atoms with Gasteiger partial charge >= 0.3 is 0 Å². The van der Waals surface area contributed by atoms with Crippen molar-refractivity contribution in [3.63, 3.8) is 0 Å². The fourth-order valence-corrected chi connectivity index (χ4v) is 2.31. The number of aliphatic hydroxyl groups is 1. The van der Waals surface area contributed by atoms with Gasteiger partial charge in [-0.3, -0.25) is 0 Å². The lowest BCUT2D eigenvalue weighted by molar-refractivity contribution is -0.0103. The van der Waals surface area contributed by atoms with Gasteiger partial charge in [0.25, 0.3) is 0 Å². The Kier molecular flexibility index (Phi) is 3.00. The highest BCUT2D eigenvalue weighted by Gasteiger charge is 2.26. The van der Waals surface area contributed by atoms with Gasteiger partial charge in [-0.25, -0.2) is 4.98 Å². The van der Waals surface area contributed by atoms with E-state index in [0.717, 1.165) is 11.7 Å². The molecule has 1 aliphatic heterocycles. The topological polar surface area (TPSA) is 45.6 Å². The van der Waals surface area contributed by atoms with Crippen molar-refractivity contribution in [2.24, 2.45) is 0 Å². The monoisotopic (exact) mass is 214 g/mol. The number of rotatable bonds is 2. The van der Waals surface area contributed by atoms with Crippen molar-refractivity contribution >= 4 is 16.5 Å². The van der Waals surface area contributed by atoms with Crippen molar-refractivity contribution in [3.05, 3.63) is 11.6 Å². The molecule has 0 aromatic carbocycles. The second-order valence-corrected chi connectivity index (χ2v) is 4.33. The van der Waals surface area contributed by atoms with Gasteiger partial charge in [-0.15, -0.1) is 11.3 Å². The van der Waals surface area contributed by atoms with Crippen LogP contribution in [0.15, 0.2) is 11.6 Å². The van der Waals surface area contributed by atoms with Gasteiger partial charge in [0, 0.05) is 18.1 Å². The minimum Gasteiger partial charge on any atom is -0.394 e. The molecule has 0 amide bonds.